The highest BCUT2D eigenvalue weighted by molar-refractivity contribution is 5.84. The van der Waals surface area contributed by atoms with Crippen molar-refractivity contribution in [3.63, 3.8) is 0 Å². The second-order valence-electron chi connectivity index (χ2n) is 4.39. The topological polar surface area (TPSA) is 50.9 Å². The minimum absolute atomic E-state index is 0.631. The van der Waals surface area contributed by atoms with E-state index in [1.807, 2.05) is 48.0 Å². The van der Waals surface area contributed by atoms with Crippen LogP contribution < -0.4 is 0 Å². The molecule has 96 valence electrons. The van der Waals surface area contributed by atoms with Crippen LogP contribution in [-0.2, 0) is 6.54 Å². The van der Waals surface area contributed by atoms with Crippen LogP contribution in [0, 0.1) is 0 Å². The smallest absolute Gasteiger partial charge is 0.154 e. The van der Waals surface area contributed by atoms with Crippen molar-refractivity contribution in [2.45, 2.75) is 19.6 Å². The molecule has 19 heavy (non-hydrogen) atoms. The Balaban J connectivity index is 2.14. The fourth-order valence-corrected chi connectivity index (χ4v) is 2.32. The zero-order valence-corrected chi connectivity index (χ0v) is 10.7. The summed E-state index contributed by atoms with van der Waals surface area (Å²) >= 11 is 0. The van der Waals surface area contributed by atoms with Crippen molar-refractivity contribution < 1.29 is 5.11 Å². The summed E-state index contributed by atoms with van der Waals surface area (Å²) in [5.74, 6) is 0.631. The van der Waals surface area contributed by atoms with Crippen LogP contribution in [0.4, 0.5) is 0 Å². The second kappa shape index (κ2) is 4.82. The molecule has 4 nitrogen and oxygen atoms in total. The molecular weight excluding hydrogens is 238 g/mol. The molecule has 2 aromatic heterocycles. The Labute approximate surface area is 111 Å². The summed E-state index contributed by atoms with van der Waals surface area (Å²) < 4.78 is 1.92. The maximum atomic E-state index is 10.5. The maximum absolute atomic E-state index is 10.5. The summed E-state index contributed by atoms with van der Waals surface area (Å²) in [6, 6.07) is 9.86. The number of imidazole rings is 1. The third kappa shape index (κ3) is 2.00. The fraction of sp³-hybridized carbons (Fsp3) is 0.200. The van der Waals surface area contributed by atoms with Gasteiger partial charge in [0.25, 0.3) is 0 Å². The van der Waals surface area contributed by atoms with E-state index < -0.39 is 6.10 Å². The lowest BCUT2D eigenvalue weighted by atomic mass is 10.1. The monoisotopic (exact) mass is 253 g/mol. The Hall–Kier alpha value is -2.20. The predicted molar refractivity (Wildman–Crippen MR) is 73.7 cm³/mol. The molecule has 3 aromatic rings. The van der Waals surface area contributed by atoms with E-state index in [1.165, 1.54) is 0 Å². The highest BCUT2D eigenvalue weighted by atomic mass is 16.3. The van der Waals surface area contributed by atoms with E-state index in [1.54, 1.807) is 12.4 Å². The molecule has 0 spiro atoms. The molecule has 0 saturated carbocycles. The average molecular weight is 253 g/mol. The van der Waals surface area contributed by atoms with Crippen molar-refractivity contribution in [3.8, 4) is 0 Å². The zero-order chi connectivity index (χ0) is 13.2. The Morgan fingerprint density at radius 2 is 2.00 bits per heavy atom. The normalized spacial score (nSPS) is 12.7. The summed E-state index contributed by atoms with van der Waals surface area (Å²) in [6.07, 6.45) is 4.48. The Kier molecular flexibility index (Phi) is 3.01. The van der Waals surface area contributed by atoms with Gasteiger partial charge < -0.3 is 9.67 Å². The van der Waals surface area contributed by atoms with E-state index in [0.29, 0.717) is 11.5 Å². The first-order valence-corrected chi connectivity index (χ1v) is 6.34. The van der Waals surface area contributed by atoms with Gasteiger partial charge in [0.2, 0.25) is 0 Å². The number of aliphatic hydroxyl groups is 1. The number of hydrogen-bond acceptors (Lipinski definition) is 3. The summed E-state index contributed by atoms with van der Waals surface area (Å²) in [4.78, 5) is 8.58. The highest BCUT2D eigenvalue weighted by Gasteiger charge is 2.19. The summed E-state index contributed by atoms with van der Waals surface area (Å²) in [5.41, 5.74) is 0.652. The van der Waals surface area contributed by atoms with Crippen LogP contribution in [0.5, 0.6) is 0 Å². The van der Waals surface area contributed by atoms with Crippen LogP contribution in [0.2, 0.25) is 0 Å². The van der Waals surface area contributed by atoms with Gasteiger partial charge in [0.15, 0.2) is 6.10 Å². The minimum Gasteiger partial charge on any atom is -0.379 e. The molecule has 1 N–H and O–H groups in total. The molecule has 1 atom stereocenters. The molecule has 4 heteroatoms. The Bertz CT molecular complexity index is 700. The zero-order valence-electron chi connectivity index (χ0n) is 10.7. The van der Waals surface area contributed by atoms with Gasteiger partial charge in [-0.3, -0.25) is 4.98 Å². The van der Waals surface area contributed by atoms with Crippen LogP contribution in [0.3, 0.4) is 0 Å². The van der Waals surface area contributed by atoms with Gasteiger partial charge in [-0.1, -0.05) is 24.3 Å². The van der Waals surface area contributed by atoms with Crippen molar-refractivity contribution in [3.05, 3.63) is 60.4 Å². The molecule has 0 amide bonds. The van der Waals surface area contributed by atoms with Crippen molar-refractivity contribution in [1.82, 2.24) is 14.5 Å². The fourth-order valence-electron chi connectivity index (χ4n) is 2.32. The lowest BCUT2D eigenvalue weighted by Gasteiger charge is -2.13. The SMILES string of the molecule is CCn1ccnc1C(O)c1nccc2ccccc12. The number of benzene rings is 1. The predicted octanol–water partition coefficient (Wildman–Crippen LogP) is 2.53. The molecule has 1 aromatic carbocycles. The first-order chi connectivity index (χ1) is 9.31. The molecule has 0 radical (unpaired) electrons. The molecular formula is C15H15N3O. The van der Waals surface area contributed by atoms with Gasteiger partial charge in [-0.15, -0.1) is 0 Å². The van der Waals surface area contributed by atoms with Gasteiger partial charge in [0.05, 0.1) is 5.69 Å². The van der Waals surface area contributed by atoms with E-state index in [9.17, 15) is 5.11 Å². The first kappa shape index (κ1) is 11.9. The van der Waals surface area contributed by atoms with Crippen LogP contribution in [0.15, 0.2) is 48.9 Å². The van der Waals surface area contributed by atoms with Gasteiger partial charge in [0.1, 0.15) is 5.82 Å². The van der Waals surface area contributed by atoms with Crippen LogP contribution >= 0.6 is 0 Å². The second-order valence-corrected chi connectivity index (χ2v) is 4.39. The first-order valence-electron chi connectivity index (χ1n) is 6.34. The van der Waals surface area contributed by atoms with E-state index in [2.05, 4.69) is 9.97 Å². The summed E-state index contributed by atoms with van der Waals surface area (Å²) in [7, 11) is 0. The number of hydrogen-bond donors (Lipinski definition) is 1. The molecule has 0 bridgehead atoms. The van der Waals surface area contributed by atoms with Crippen LogP contribution in [-0.4, -0.2) is 19.6 Å². The largest absolute Gasteiger partial charge is 0.379 e. The van der Waals surface area contributed by atoms with E-state index in [-0.39, 0.29) is 0 Å². The summed E-state index contributed by atoms with van der Waals surface area (Å²) in [6.45, 7) is 2.80. The number of nitrogens with zero attached hydrogens (tertiary/aromatic N) is 3. The van der Waals surface area contributed by atoms with Gasteiger partial charge >= 0.3 is 0 Å². The molecule has 2 heterocycles. The lowest BCUT2D eigenvalue weighted by molar-refractivity contribution is 0.201. The van der Waals surface area contributed by atoms with Gasteiger partial charge in [-0.25, -0.2) is 4.98 Å². The minimum atomic E-state index is -0.805. The average Bonchev–Trinajstić information content (AvgIpc) is 2.94. The standard InChI is InChI=1S/C15H15N3O/c1-2-18-10-9-17-15(18)14(19)13-12-6-4-3-5-11(12)7-8-16-13/h3-10,14,19H,2H2,1H3. The molecule has 0 aliphatic heterocycles. The molecule has 0 aliphatic carbocycles. The van der Waals surface area contributed by atoms with Crippen molar-refractivity contribution in [2.75, 3.05) is 0 Å². The van der Waals surface area contributed by atoms with Gasteiger partial charge in [-0.05, 0) is 18.4 Å². The van der Waals surface area contributed by atoms with E-state index in [0.717, 1.165) is 17.3 Å². The number of fused-ring (bicyclic) bond motifs is 1. The molecule has 0 aliphatic rings. The molecule has 1 unspecified atom stereocenters. The Morgan fingerprint density at radius 1 is 1.16 bits per heavy atom. The van der Waals surface area contributed by atoms with Gasteiger partial charge in [0, 0.05) is 30.5 Å². The number of aromatic nitrogens is 3. The van der Waals surface area contributed by atoms with E-state index in [4.69, 9.17) is 0 Å². The van der Waals surface area contributed by atoms with Crippen molar-refractivity contribution >= 4 is 10.8 Å². The van der Waals surface area contributed by atoms with Crippen molar-refractivity contribution in [1.29, 1.82) is 0 Å². The maximum Gasteiger partial charge on any atom is 0.154 e. The highest BCUT2D eigenvalue weighted by Crippen LogP contribution is 2.26. The Morgan fingerprint density at radius 3 is 2.84 bits per heavy atom. The number of aryl methyl sites for hydroxylation is 1. The van der Waals surface area contributed by atoms with Gasteiger partial charge in [-0.2, -0.15) is 0 Å². The quantitative estimate of drug-likeness (QED) is 0.780. The van der Waals surface area contributed by atoms with E-state index >= 15 is 0 Å². The molecule has 0 saturated heterocycles. The summed E-state index contributed by atoms with van der Waals surface area (Å²) in [5, 5.41) is 12.6. The van der Waals surface area contributed by atoms with Crippen LogP contribution in [0.25, 0.3) is 10.8 Å². The number of rotatable bonds is 3. The van der Waals surface area contributed by atoms with Crippen molar-refractivity contribution in [2.24, 2.45) is 0 Å². The third-order valence-corrected chi connectivity index (χ3v) is 3.30. The van der Waals surface area contributed by atoms with Crippen LogP contribution in [0.1, 0.15) is 24.5 Å². The lowest BCUT2D eigenvalue weighted by Crippen LogP contribution is -2.10. The molecule has 3 rings (SSSR count). The third-order valence-electron chi connectivity index (χ3n) is 3.30. The number of pyridine rings is 1. The molecule has 0 fully saturated rings. The number of aliphatic hydroxyl groups excluding tert-OH is 1.